The maximum atomic E-state index is 12.6. The first-order valence-electron chi connectivity index (χ1n) is 6.29. The minimum atomic E-state index is -4.29. The van der Waals surface area contributed by atoms with Crippen LogP contribution in [0.1, 0.15) is 11.1 Å². The topological polar surface area (TPSA) is 0 Å². The Morgan fingerprint density at radius 3 is 2.09 bits per heavy atom. The molecule has 0 saturated carbocycles. The van der Waals surface area contributed by atoms with E-state index in [0.717, 1.165) is 39.6 Å². The number of aryl methyl sites for hydroxylation is 1. The second-order valence-electron chi connectivity index (χ2n) is 4.92. The summed E-state index contributed by atoms with van der Waals surface area (Å²) in [6, 6.07) is 15.3. The van der Waals surface area contributed by atoms with Gasteiger partial charge in [-0.25, -0.2) is 0 Å². The first kappa shape index (κ1) is 22.3. The van der Waals surface area contributed by atoms with Crippen molar-refractivity contribution in [1.82, 2.24) is 0 Å². The van der Waals surface area contributed by atoms with Gasteiger partial charge in [-0.1, -0.05) is 30.7 Å². The maximum absolute atomic E-state index is 12.6. The smallest absolute Gasteiger partial charge is 1.00 e. The molecule has 0 N–H and O–H groups in total. The summed E-state index contributed by atoms with van der Waals surface area (Å²) in [6.45, 7) is 2.01. The van der Waals surface area contributed by atoms with Gasteiger partial charge < -0.3 is 24.8 Å². The minimum absolute atomic E-state index is 0. The van der Waals surface area contributed by atoms with Gasteiger partial charge in [0.2, 0.25) is 0 Å². The molecule has 0 fully saturated rings. The fourth-order valence-electron chi connectivity index (χ4n) is 2.48. The van der Waals surface area contributed by atoms with Gasteiger partial charge in [0, 0.05) is 0 Å². The fraction of sp³-hybridized carbons (Fsp3) is 0.118. The van der Waals surface area contributed by atoms with E-state index in [2.05, 4.69) is 12.1 Å². The zero-order valence-electron chi connectivity index (χ0n) is 12.1. The fourth-order valence-corrected chi connectivity index (χ4v) is 2.48. The summed E-state index contributed by atoms with van der Waals surface area (Å²) in [4.78, 5) is 0. The second-order valence-corrected chi connectivity index (χ2v) is 4.92. The van der Waals surface area contributed by atoms with Crippen molar-refractivity contribution < 1.29 is 64.2 Å². The molecule has 0 aliphatic heterocycles. The number of benzene rings is 2. The van der Waals surface area contributed by atoms with Crippen LogP contribution in [0, 0.1) is 6.92 Å². The Labute approximate surface area is 164 Å². The van der Waals surface area contributed by atoms with Crippen LogP contribution in [-0.2, 0) is 32.4 Å². The molecule has 0 spiro atoms. The molecular weight excluding hydrogens is 423 g/mol. The third kappa shape index (κ3) is 4.65. The van der Waals surface area contributed by atoms with Gasteiger partial charge in [0.1, 0.15) is 0 Å². The van der Waals surface area contributed by atoms with Gasteiger partial charge >= 0.3 is 32.4 Å². The van der Waals surface area contributed by atoms with Crippen LogP contribution in [-0.4, -0.2) is 0 Å². The van der Waals surface area contributed by atoms with Crippen molar-refractivity contribution in [2.45, 2.75) is 13.1 Å². The molecule has 0 amide bonds. The minimum Gasteiger partial charge on any atom is -1.00 e. The molecule has 0 saturated heterocycles. The first-order chi connectivity index (χ1) is 9.45. The van der Waals surface area contributed by atoms with Gasteiger partial charge in [0.15, 0.2) is 0 Å². The Bertz CT molecular complexity index is 762. The Balaban J connectivity index is 0.00000161. The molecule has 0 aromatic heterocycles. The van der Waals surface area contributed by atoms with Crippen LogP contribution in [0.2, 0.25) is 0 Å². The van der Waals surface area contributed by atoms with Crippen molar-refractivity contribution in [3.63, 3.8) is 0 Å². The number of halogens is 5. The summed E-state index contributed by atoms with van der Waals surface area (Å²) in [5, 5.41) is 2.18. The molecular formula is C17H12Cl2F3Zr. The molecule has 0 aliphatic rings. The van der Waals surface area contributed by atoms with E-state index in [4.69, 9.17) is 0 Å². The SMILES string of the molecule is Cc1cc2c(-c3ccc(C(F)(F)F)cc3)cccc2[cH-]1.[Cl-].[Cl-].[Zr+3]. The quantitative estimate of drug-likeness (QED) is 0.455. The van der Waals surface area contributed by atoms with Crippen LogP contribution in [0.3, 0.4) is 0 Å². The summed E-state index contributed by atoms with van der Waals surface area (Å²) in [7, 11) is 0. The molecule has 3 aromatic carbocycles. The molecule has 0 nitrogen and oxygen atoms in total. The number of rotatable bonds is 1. The first-order valence-corrected chi connectivity index (χ1v) is 6.29. The average Bonchev–Trinajstić information content (AvgIpc) is 2.78. The van der Waals surface area contributed by atoms with Gasteiger partial charge in [0.25, 0.3) is 0 Å². The van der Waals surface area contributed by atoms with Gasteiger partial charge in [-0.05, 0) is 17.7 Å². The van der Waals surface area contributed by atoms with E-state index >= 15 is 0 Å². The largest absolute Gasteiger partial charge is 3.00 e. The van der Waals surface area contributed by atoms with E-state index in [1.807, 2.05) is 25.1 Å². The monoisotopic (exact) mass is 433 g/mol. The third-order valence-electron chi connectivity index (χ3n) is 3.42. The molecule has 23 heavy (non-hydrogen) atoms. The number of alkyl halides is 3. The Kier molecular flexibility index (Phi) is 8.16. The van der Waals surface area contributed by atoms with E-state index in [-0.39, 0.29) is 51.0 Å². The van der Waals surface area contributed by atoms with Crippen molar-refractivity contribution in [3.05, 3.63) is 65.7 Å². The molecule has 0 aliphatic carbocycles. The number of hydrogen-bond acceptors (Lipinski definition) is 0. The van der Waals surface area contributed by atoms with E-state index in [1.165, 1.54) is 12.1 Å². The summed E-state index contributed by atoms with van der Waals surface area (Å²) < 4.78 is 37.7. The third-order valence-corrected chi connectivity index (χ3v) is 3.42. The zero-order valence-corrected chi connectivity index (χ0v) is 16.1. The number of fused-ring (bicyclic) bond motifs is 1. The van der Waals surface area contributed by atoms with E-state index in [0.29, 0.717) is 0 Å². The van der Waals surface area contributed by atoms with Crippen molar-refractivity contribution in [3.8, 4) is 11.1 Å². The predicted octanol–water partition coefficient (Wildman–Crippen LogP) is -0.442. The molecule has 1 radical (unpaired) electrons. The number of hydrogen-bond donors (Lipinski definition) is 0. The maximum Gasteiger partial charge on any atom is 3.00 e. The van der Waals surface area contributed by atoms with Crippen LogP contribution in [0.5, 0.6) is 0 Å². The van der Waals surface area contributed by atoms with E-state index < -0.39 is 11.7 Å². The van der Waals surface area contributed by atoms with Gasteiger partial charge in [-0.15, -0.1) is 34.5 Å². The summed E-state index contributed by atoms with van der Waals surface area (Å²) in [5.74, 6) is 0. The Morgan fingerprint density at radius 2 is 1.52 bits per heavy atom. The molecule has 3 aromatic rings. The van der Waals surface area contributed by atoms with Gasteiger partial charge in [-0.3, -0.25) is 0 Å². The van der Waals surface area contributed by atoms with E-state index in [9.17, 15) is 13.2 Å². The predicted molar refractivity (Wildman–Crippen MR) is 74.7 cm³/mol. The van der Waals surface area contributed by atoms with Crippen LogP contribution >= 0.6 is 0 Å². The zero-order chi connectivity index (χ0) is 14.3. The second kappa shape index (κ2) is 8.42. The van der Waals surface area contributed by atoms with Crippen LogP contribution in [0.4, 0.5) is 13.2 Å². The van der Waals surface area contributed by atoms with Crippen LogP contribution in [0.25, 0.3) is 21.9 Å². The summed E-state index contributed by atoms with van der Waals surface area (Å²) in [6.07, 6.45) is -4.29. The molecule has 0 atom stereocenters. The molecule has 0 heterocycles. The Morgan fingerprint density at radius 1 is 0.913 bits per heavy atom. The van der Waals surface area contributed by atoms with Crippen molar-refractivity contribution in [2.24, 2.45) is 0 Å². The summed E-state index contributed by atoms with van der Waals surface area (Å²) in [5.41, 5.74) is 2.30. The molecule has 119 valence electrons. The van der Waals surface area contributed by atoms with Crippen molar-refractivity contribution in [2.75, 3.05) is 0 Å². The molecule has 6 heteroatoms. The molecule has 3 rings (SSSR count). The molecule has 0 unspecified atom stereocenters. The van der Waals surface area contributed by atoms with Crippen LogP contribution in [0.15, 0.2) is 54.6 Å². The van der Waals surface area contributed by atoms with Gasteiger partial charge in [-0.2, -0.15) is 19.2 Å². The van der Waals surface area contributed by atoms with Crippen molar-refractivity contribution in [1.29, 1.82) is 0 Å². The van der Waals surface area contributed by atoms with Crippen molar-refractivity contribution >= 4 is 10.8 Å². The molecule has 0 bridgehead atoms. The normalized spacial score (nSPS) is 10.4. The van der Waals surface area contributed by atoms with E-state index in [1.54, 1.807) is 0 Å². The summed E-state index contributed by atoms with van der Waals surface area (Å²) >= 11 is 0. The average molecular weight is 435 g/mol. The standard InChI is InChI=1S/C17H12F3.2ClH.Zr/c1-11-9-13-3-2-4-15(16(13)10-11)12-5-7-14(8-6-12)17(18,19)20;;;/h2-10H,1H3;2*1H;/q-1;;;+3/p-2. The Hall–Kier alpha value is -0.697. The van der Waals surface area contributed by atoms with Gasteiger partial charge in [0.05, 0.1) is 5.56 Å². The van der Waals surface area contributed by atoms with Crippen LogP contribution < -0.4 is 24.8 Å².